The number of aliphatic hydroxyl groups is 1. The number of furan rings is 1. The van der Waals surface area contributed by atoms with Gasteiger partial charge in [-0.2, -0.15) is 0 Å². The number of nitrogens with one attached hydrogen (secondary N) is 1. The minimum atomic E-state index is -1.97. The molecule has 2 N–H and O–H groups in total. The number of anilines is 1. The monoisotopic (exact) mass is 462 g/mol. The summed E-state index contributed by atoms with van der Waals surface area (Å²) in [6.45, 7) is 2.56. The summed E-state index contributed by atoms with van der Waals surface area (Å²) in [6, 6.07) is 15.7. The second kappa shape index (κ2) is 9.04. The molecule has 1 aromatic carbocycles. The maximum Gasteiger partial charge on any atom is 0.348 e. The van der Waals surface area contributed by atoms with Gasteiger partial charge in [0.1, 0.15) is 12.4 Å². The molecular weight excluding hydrogens is 434 g/mol. The van der Waals surface area contributed by atoms with E-state index in [1.165, 1.54) is 12.5 Å². The molecule has 0 radical (unpaired) electrons. The van der Waals surface area contributed by atoms with Crippen molar-refractivity contribution in [2.45, 2.75) is 24.5 Å². The number of ether oxygens (including phenoxy) is 1. The minimum Gasteiger partial charge on any atom is -0.472 e. The van der Waals surface area contributed by atoms with Crippen LogP contribution < -0.4 is 5.32 Å². The summed E-state index contributed by atoms with van der Waals surface area (Å²) < 4.78 is 11.7. The summed E-state index contributed by atoms with van der Waals surface area (Å²) in [7, 11) is 0. The molecule has 176 valence electrons. The number of pyridine rings is 1. The Hall–Kier alpha value is -3.49. The lowest BCUT2D eigenvalue weighted by molar-refractivity contribution is -0.939. The maximum atomic E-state index is 13.5. The Morgan fingerprint density at radius 2 is 1.85 bits per heavy atom. The number of rotatable bonds is 7. The Balaban J connectivity index is 1.32. The van der Waals surface area contributed by atoms with Gasteiger partial charge in [-0.15, -0.1) is 0 Å². The number of quaternary nitrogens is 1. The fourth-order valence-electron chi connectivity index (χ4n) is 5.28. The van der Waals surface area contributed by atoms with Gasteiger partial charge in [0.05, 0.1) is 25.6 Å². The van der Waals surface area contributed by atoms with Gasteiger partial charge >= 0.3 is 5.97 Å². The van der Waals surface area contributed by atoms with Gasteiger partial charge < -0.3 is 24.1 Å². The molecule has 0 aliphatic carbocycles. The minimum absolute atomic E-state index is 0.108. The highest BCUT2D eigenvalue weighted by Gasteiger charge is 2.51. The van der Waals surface area contributed by atoms with Crippen molar-refractivity contribution in [3.05, 3.63) is 84.4 Å². The van der Waals surface area contributed by atoms with Gasteiger partial charge in [0.25, 0.3) is 5.91 Å². The first kappa shape index (κ1) is 22.3. The number of carbonyl (C=O) groups excluding carboxylic acids is 2. The van der Waals surface area contributed by atoms with Crippen molar-refractivity contribution < 1.29 is 28.3 Å². The lowest BCUT2D eigenvalue weighted by atomic mass is 9.82. The zero-order valence-electron chi connectivity index (χ0n) is 18.8. The van der Waals surface area contributed by atoms with Gasteiger partial charge in [0.15, 0.2) is 12.6 Å². The van der Waals surface area contributed by atoms with Crippen LogP contribution in [0.3, 0.4) is 0 Å². The van der Waals surface area contributed by atoms with Crippen molar-refractivity contribution in [3.8, 4) is 0 Å². The van der Waals surface area contributed by atoms with Gasteiger partial charge in [-0.1, -0.05) is 36.4 Å². The highest BCUT2D eigenvalue weighted by Crippen LogP contribution is 2.38. The molecule has 8 heteroatoms. The Kier molecular flexibility index (Phi) is 5.93. The number of piperidine rings is 3. The molecule has 2 bridgehead atoms. The number of hydrogen-bond acceptors (Lipinski definition) is 6. The Morgan fingerprint density at radius 3 is 2.53 bits per heavy atom. The van der Waals surface area contributed by atoms with Crippen LogP contribution in [0.4, 0.5) is 5.82 Å². The number of benzene rings is 1. The molecule has 6 rings (SSSR count). The number of nitrogens with zero attached hydrogens (tertiary/aromatic N) is 2. The topological polar surface area (TPSA) is 102 Å². The van der Waals surface area contributed by atoms with E-state index in [1.807, 2.05) is 12.1 Å². The van der Waals surface area contributed by atoms with Crippen LogP contribution in [0, 0.1) is 5.92 Å². The fourth-order valence-corrected chi connectivity index (χ4v) is 5.28. The largest absolute Gasteiger partial charge is 0.472 e. The van der Waals surface area contributed by atoms with E-state index in [9.17, 15) is 14.7 Å². The maximum absolute atomic E-state index is 13.5. The zero-order valence-corrected chi connectivity index (χ0v) is 18.8. The van der Waals surface area contributed by atoms with Crippen molar-refractivity contribution in [2.24, 2.45) is 5.92 Å². The number of carbonyl (C=O) groups is 2. The van der Waals surface area contributed by atoms with Crippen LogP contribution in [0.5, 0.6) is 0 Å². The average molecular weight is 463 g/mol. The van der Waals surface area contributed by atoms with Crippen LogP contribution in [0.2, 0.25) is 0 Å². The molecule has 34 heavy (non-hydrogen) atoms. The third kappa shape index (κ3) is 4.22. The van der Waals surface area contributed by atoms with Crippen LogP contribution in [0.1, 0.15) is 24.0 Å². The third-order valence-electron chi connectivity index (χ3n) is 7.14. The SMILES string of the molecule is O=C(C[N+]12CCC(CC1)C(OC(=O)[C@@](O)(c1ccccc1)c1ccoc1)C2)Nc1ccccn1. The van der Waals surface area contributed by atoms with Gasteiger partial charge in [0.2, 0.25) is 5.60 Å². The number of fused-ring (bicyclic) bond motifs is 3. The highest BCUT2D eigenvalue weighted by atomic mass is 16.6. The molecule has 2 atom stereocenters. The summed E-state index contributed by atoms with van der Waals surface area (Å²) in [6.07, 6.45) is 5.78. The van der Waals surface area contributed by atoms with Crippen LogP contribution in [0.15, 0.2) is 77.7 Å². The van der Waals surface area contributed by atoms with Crippen LogP contribution in [0.25, 0.3) is 0 Å². The molecule has 3 aliphatic rings. The van der Waals surface area contributed by atoms with E-state index >= 15 is 0 Å². The molecule has 1 unspecified atom stereocenters. The van der Waals surface area contributed by atoms with E-state index in [2.05, 4.69) is 10.3 Å². The molecule has 2 aromatic heterocycles. The van der Waals surface area contributed by atoms with Gasteiger partial charge in [-0.05, 0) is 23.8 Å². The molecule has 3 saturated heterocycles. The summed E-state index contributed by atoms with van der Waals surface area (Å²) in [5, 5.41) is 14.4. The number of hydrogen-bond donors (Lipinski definition) is 2. The van der Waals surface area contributed by atoms with Crippen molar-refractivity contribution >= 4 is 17.7 Å². The Labute approximate surface area is 197 Å². The van der Waals surface area contributed by atoms with Crippen molar-refractivity contribution in [1.82, 2.24) is 4.98 Å². The van der Waals surface area contributed by atoms with E-state index < -0.39 is 11.6 Å². The quantitative estimate of drug-likeness (QED) is 0.414. The van der Waals surface area contributed by atoms with Gasteiger partial charge in [-0.3, -0.25) is 4.79 Å². The molecule has 8 nitrogen and oxygen atoms in total. The molecule has 3 fully saturated rings. The normalized spacial score (nSPS) is 25.3. The second-order valence-corrected chi connectivity index (χ2v) is 9.26. The number of amides is 1. The number of esters is 1. The molecule has 0 saturated carbocycles. The van der Waals surface area contributed by atoms with Crippen LogP contribution in [-0.2, 0) is 19.9 Å². The molecule has 5 heterocycles. The van der Waals surface area contributed by atoms with Gasteiger partial charge in [0, 0.05) is 30.5 Å². The molecule has 1 amide bonds. The van der Waals surface area contributed by atoms with E-state index in [1.54, 1.807) is 48.7 Å². The first-order chi connectivity index (χ1) is 16.5. The fraction of sp³-hybridized carbons (Fsp3) is 0.346. The smallest absolute Gasteiger partial charge is 0.348 e. The highest BCUT2D eigenvalue weighted by molar-refractivity contribution is 5.90. The first-order valence-corrected chi connectivity index (χ1v) is 11.6. The lowest BCUT2D eigenvalue weighted by Gasteiger charge is -2.51. The Morgan fingerprint density at radius 1 is 1.09 bits per heavy atom. The van der Waals surface area contributed by atoms with E-state index in [0.29, 0.717) is 34.5 Å². The molecule has 0 spiro atoms. The summed E-state index contributed by atoms with van der Waals surface area (Å²) in [4.78, 5) is 30.4. The average Bonchev–Trinajstić information content (AvgIpc) is 3.40. The van der Waals surface area contributed by atoms with Crippen molar-refractivity contribution in [3.63, 3.8) is 0 Å². The zero-order chi connectivity index (χ0) is 23.6. The Bertz CT molecular complexity index is 1130. The van der Waals surface area contributed by atoms with Gasteiger partial charge in [-0.25, -0.2) is 9.78 Å². The number of aromatic nitrogens is 1. The predicted molar refractivity (Wildman–Crippen MR) is 123 cm³/mol. The van der Waals surface area contributed by atoms with Crippen LogP contribution >= 0.6 is 0 Å². The summed E-state index contributed by atoms with van der Waals surface area (Å²) >= 11 is 0. The summed E-state index contributed by atoms with van der Waals surface area (Å²) in [5.41, 5.74) is -1.23. The third-order valence-corrected chi connectivity index (χ3v) is 7.14. The van der Waals surface area contributed by atoms with Crippen LogP contribution in [-0.4, -0.2) is 58.7 Å². The standard InChI is InChI=1S/C26H27N3O5/c30-24(28-23-8-4-5-12-27-23)17-29-13-9-19(10-14-29)22(16-29)34-25(31)26(32,21-11-15-33-18-21)20-6-2-1-3-7-20/h1-8,11-12,15,18-19,22,32H,9-10,13-14,16-17H2/p+1/t19?,22?,26-,29?/m1/s1. The van der Waals surface area contributed by atoms with Crippen molar-refractivity contribution in [1.29, 1.82) is 0 Å². The molecular formula is C26H28N3O5+. The lowest BCUT2D eigenvalue weighted by Crippen LogP contribution is -2.66. The van der Waals surface area contributed by atoms with E-state index in [-0.39, 0.29) is 17.9 Å². The molecule has 3 aliphatic heterocycles. The van der Waals surface area contributed by atoms with E-state index in [0.717, 1.165) is 25.9 Å². The summed E-state index contributed by atoms with van der Waals surface area (Å²) in [5.74, 6) is -0.0981. The molecule has 3 aromatic rings. The van der Waals surface area contributed by atoms with E-state index in [4.69, 9.17) is 9.15 Å². The second-order valence-electron chi connectivity index (χ2n) is 9.26. The first-order valence-electron chi connectivity index (χ1n) is 11.6. The predicted octanol–water partition coefficient (Wildman–Crippen LogP) is 2.70. The van der Waals surface area contributed by atoms with Crippen molar-refractivity contribution in [2.75, 3.05) is 31.5 Å².